The Labute approximate surface area is 154 Å². The quantitative estimate of drug-likeness (QED) is 0.674. The monoisotopic (exact) mass is 383 g/mol. The largest absolute Gasteiger partial charge is 0.326 e. The van der Waals surface area contributed by atoms with E-state index < -0.39 is 20.7 Å². The molecule has 1 aliphatic carbocycles. The van der Waals surface area contributed by atoms with E-state index in [1.54, 1.807) is 0 Å². The second kappa shape index (κ2) is 8.02. The van der Waals surface area contributed by atoms with Gasteiger partial charge in [-0.15, -0.1) is 0 Å². The van der Waals surface area contributed by atoms with Crippen molar-refractivity contribution < 1.29 is 17.6 Å². The molecule has 3 rings (SSSR count). The van der Waals surface area contributed by atoms with Crippen LogP contribution in [0.5, 0.6) is 0 Å². The van der Waals surface area contributed by atoms with Gasteiger partial charge in [-0.05, 0) is 68.8 Å². The van der Waals surface area contributed by atoms with E-state index in [2.05, 4.69) is 22.3 Å². The van der Waals surface area contributed by atoms with E-state index in [0.29, 0.717) is 18.0 Å². The van der Waals surface area contributed by atoms with Crippen LogP contribution in [-0.4, -0.2) is 33.5 Å². The Morgan fingerprint density at radius 3 is 2.77 bits per heavy atom. The molecule has 3 N–H and O–H groups in total. The zero-order valence-electron chi connectivity index (χ0n) is 14.9. The van der Waals surface area contributed by atoms with Gasteiger partial charge in [0.2, 0.25) is 15.9 Å². The van der Waals surface area contributed by atoms with Crippen LogP contribution in [-0.2, 0) is 14.8 Å². The summed E-state index contributed by atoms with van der Waals surface area (Å²) in [5.74, 6) is -0.324. The van der Waals surface area contributed by atoms with E-state index in [-0.39, 0.29) is 17.9 Å². The Morgan fingerprint density at radius 1 is 1.35 bits per heavy atom. The molecule has 144 valence electrons. The average molecular weight is 383 g/mol. The van der Waals surface area contributed by atoms with Crippen LogP contribution in [0, 0.1) is 17.7 Å². The molecule has 1 saturated carbocycles. The molecule has 2 aliphatic rings. The Hall–Kier alpha value is -1.51. The first-order valence-electron chi connectivity index (χ1n) is 9.17. The second-order valence-electron chi connectivity index (χ2n) is 7.38. The molecular formula is C18H26FN3O3S. The number of hydrogen-bond acceptors (Lipinski definition) is 4. The van der Waals surface area contributed by atoms with Crippen LogP contribution in [0.25, 0.3) is 0 Å². The number of piperidine rings is 1. The molecule has 0 bridgehead atoms. The maximum absolute atomic E-state index is 14.0. The third kappa shape index (κ3) is 5.02. The number of halogens is 1. The van der Waals surface area contributed by atoms with Crippen LogP contribution in [0.4, 0.5) is 10.1 Å². The number of benzene rings is 1. The molecule has 0 spiro atoms. The average Bonchev–Trinajstić information content (AvgIpc) is 3.40. The van der Waals surface area contributed by atoms with Crippen molar-refractivity contribution in [1.82, 2.24) is 10.0 Å². The van der Waals surface area contributed by atoms with Gasteiger partial charge in [0.25, 0.3) is 0 Å². The Kier molecular flexibility index (Phi) is 5.94. The predicted octanol–water partition coefficient (Wildman–Crippen LogP) is 2.23. The van der Waals surface area contributed by atoms with Gasteiger partial charge in [-0.3, -0.25) is 4.79 Å². The zero-order valence-corrected chi connectivity index (χ0v) is 15.7. The van der Waals surface area contributed by atoms with Gasteiger partial charge in [-0.1, -0.05) is 6.92 Å². The molecule has 0 radical (unpaired) electrons. The lowest BCUT2D eigenvalue weighted by molar-refractivity contribution is -0.117. The number of anilines is 1. The molecule has 1 saturated heterocycles. The van der Waals surface area contributed by atoms with E-state index in [4.69, 9.17) is 0 Å². The van der Waals surface area contributed by atoms with Gasteiger partial charge in [-0.2, -0.15) is 0 Å². The van der Waals surface area contributed by atoms with Crippen LogP contribution in [0.2, 0.25) is 0 Å². The number of hydrogen-bond donors (Lipinski definition) is 3. The standard InChI is InChI=1S/C18H26FN3O3S/c1-12(13-3-2-8-20-11-13)9-18(23)21-15-6-7-16(19)17(10-15)26(24,25)22-14-4-5-14/h6-7,10,12-14,20,22H,2-5,8-9,11H2,1H3,(H,21,23). The molecule has 2 fully saturated rings. The fourth-order valence-corrected chi connectivity index (χ4v) is 4.72. The minimum absolute atomic E-state index is 0.109. The molecule has 0 aromatic heterocycles. The summed E-state index contributed by atoms with van der Waals surface area (Å²) in [6, 6.07) is 3.54. The van der Waals surface area contributed by atoms with Crippen LogP contribution >= 0.6 is 0 Å². The highest BCUT2D eigenvalue weighted by molar-refractivity contribution is 7.89. The highest BCUT2D eigenvalue weighted by Gasteiger charge is 2.30. The topological polar surface area (TPSA) is 87.3 Å². The normalized spacial score (nSPS) is 22.0. The molecule has 2 unspecified atom stereocenters. The molecule has 6 nitrogen and oxygen atoms in total. The highest BCUT2D eigenvalue weighted by atomic mass is 32.2. The minimum atomic E-state index is -3.91. The highest BCUT2D eigenvalue weighted by Crippen LogP contribution is 2.26. The third-order valence-corrected chi connectivity index (χ3v) is 6.59. The molecule has 1 heterocycles. The van der Waals surface area contributed by atoms with Crippen molar-refractivity contribution in [2.24, 2.45) is 11.8 Å². The summed E-state index contributed by atoms with van der Waals surface area (Å²) >= 11 is 0. The minimum Gasteiger partial charge on any atom is -0.326 e. The number of carbonyl (C=O) groups is 1. The third-order valence-electron chi connectivity index (χ3n) is 5.05. The zero-order chi connectivity index (χ0) is 18.7. The number of rotatable bonds is 7. The summed E-state index contributed by atoms with van der Waals surface area (Å²) in [4.78, 5) is 11.9. The van der Waals surface area contributed by atoms with Crippen molar-refractivity contribution >= 4 is 21.6 Å². The summed E-state index contributed by atoms with van der Waals surface area (Å²) in [5, 5.41) is 6.04. The number of sulfonamides is 1. The van der Waals surface area contributed by atoms with Crippen molar-refractivity contribution in [3.63, 3.8) is 0 Å². The van der Waals surface area contributed by atoms with Crippen molar-refractivity contribution in [3.05, 3.63) is 24.0 Å². The van der Waals surface area contributed by atoms with E-state index >= 15 is 0 Å². The summed E-state index contributed by atoms with van der Waals surface area (Å²) in [7, 11) is -3.91. The van der Waals surface area contributed by atoms with Gasteiger partial charge in [-0.25, -0.2) is 17.5 Å². The van der Waals surface area contributed by atoms with E-state index in [0.717, 1.165) is 44.8 Å². The lowest BCUT2D eigenvalue weighted by atomic mass is 9.85. The van der Waals surface area contributed by atoms with Crippen LogP contribution in [0.3, 0.4) is 0 Å². The van der Waals surface area contributed by atoms with Crippen molar-refractivity contribution in [3.8, 4) is 0 Å². The Balaban J connectivity index is 1.63. The number of amides is 1. The lowest BCUT2D eigenvalue weighted by Crippen LogP contribution is -2.34. The van der Waals surface area contributed by atoms with Crippen molar-refractivity contribution in [1.29, 1.82) is 0 Å². The van der Waals surface area contributed by atoms with Crippen molar-refractivity contribution in [2.45, 2.75) is 50.0 Å². The fourth-order valence-electron chi connectivity index (χ4n) is 3.31. The molecule has 8 heteroatoms. The number of carbonyl (C=O) groups excluding carboxylic acids is 1. The van der Waals surface area contributed by atoms with Gasteiger partial charge >= 0.3 is 0 Å². The van der Waals surface area contributed by atoms with Gasteiger partial charge in [0, 0.05) is 18.2 Å². The first-order valence-corrected chi connectivity index (χ1v) is 10.7. The van der Waals surface area contributed by atoms with Gasteiger partial charge in [0.05, 0.1) is 0 Å². The maximum Gasteiger partial charge on any atom is 0.243 e. The van der Waals surface area contributed by atoms with Gasteiger partial charge < -0.3 is 10.6 Å². The van der Waals surface area contributed by atoms with Crippen molar-refractivity contribution in [2.75, 3.05) is 18.4 Å². The smallest absolute Gasteiger partial charge is 0.243 e. The molecule has 1 aliphatic heterocycles. The SMILES string of the molecule is CC(CC(=O)Nc1ccc(F)c(S(=O)(=O)NC2CC2)c1)C1CCCNC1. The summed E-state index contributed by atoms with van der Waals surface area (Å²) in [6.07, 6.45) is 4.11. The molecule has 26 heavy (non-hydrogen) atoms. The maximum atomic E-state index is 14.0. The molecule has 1 aromatic rings. The van der Waals surface area contributed by atoms with Gasteiger partial charge in [0.1, 0.15) is 10.7 Å². The Bertz CT molecular complexity index is 759. The molecular weight excluding hydrogens is 357 g/mol. The summed E-state index contributed by atoms with van der Waals surface area (Å²) in [5.41, 5.74) is 0.293. The second-order valence-corrected chi connectivity index (χ2v) is 9.06. The van der Waals surface area contributed by atoms with E-state index in [1.807, 2.05) is 0 Å². The predicted molar refractivity (Wildman–Crippen MR) is 97.7 cm³/mol. The van der Waals surface area contributed by atoms with Crippen LogP contribution < -0.4 is 15.4 Å². The first-order chi connectivity index (χ1) is 12.3. The van der Waals surface area contributed by atoms with E-state index in [1.165, 1.54) is 12.1 Å². The van der Waals surface area contributed by atoms with Gasteiger partial charge in [0.15, 0.2) is 0 Å². The Morgan fingerprint density at radius 2 is 2.12 bits per heavy atom. The fraction of sp³-hybridized carbons (Fsp3) is 0.611. The van der Waals surface area contributed by atoms with Crippen LogP contribution in [0.15, 0.2) is 23.1 Å². The first kappa shape index (κ1) is 19.3. The summed E-state index contributed by atoms with van der Waals surface area (Å²) < 4.78 is 41.0. The van der Waals surface area contributed by atoms with Crippen LogP contribution in [0.1, 0.15) is 39.0 Å². The molecule has 1 amide bonds. The summed E-state index contributed by atoms with van der Waals surface area (Å²) in [6.45, 7) is 3.99. The lowest BCUT2D eigenvalue weighted by Gasteiger charge is -2.28. The number of nitrogens with one attached hydrogen (secondary N) is 3. The molecule has 2 atom stereocenters. The molecule has 1 aromatic carbocycles. The van der Waals surface area contributed by atoms with E-state index in [9.17, 15) is 17.6 Å².